The van der Waals surface area contributed by atoms with Crippen LogP contribution in [0.5, 0.6) is 0 Å². The molecular weight excluding hydrogens is 409 g/mol. The summed E-state index contributed by atoms with van der Waals surface area (Å²) < 4.78 is 41.2. The summed E-state index contributed by atoms with van der Waals surface area (Å²) in [6, 6.07) is 10.9. The molecule has 25 heavy (non-hydrogen) atoms. The highest BCUT2D eigenvalue weighted by molar-refractivity contribution is 9.10. The van der Waals surface area contributed by atoms with Crippen molar-refractivity contribution in [2.45, 2.75) is 23.8 Å². The lowest BCUT2D eigenvalue weighted by atomic mass is 10.2. The first-order chi connectivity index (χ1) is 12.0. The number of fused-ring (bicyclic) bond motifs is 1. The average molecular weight is 424 g/mol. The van der Waals surface area contributed by atoms with Crippen molar-refractivity contribution in [2.24, 2.45) is 0 Å². The molecule has 1 atom stereocenters. The second-order valence-electron chi connectivity index (χ2n) is 5.99. The van der Waals surface area contributed by atoms with Gasteiger partial charge in [0.15, 0.2) is 0 Å². The van der Waals surface area contributed by atoms with Gasteiger partial charge in [-0.15, -0.1) is 0 Å². The number of H-pyrrole nitrogens is 1. The monoisotopic (exact) mass is 423 g/mol. The van der Waals surface area contributed by atoms with E-state index in [1.54, 1.807) is 0 Å². The van der Waals surface area contributed by atoms with E-state index in [4.69, 9.17) is 0 Å². The zero-order valence-electron chi connectivity index (χ0n) is 13.1. The molecule has 0 aliphatic carbocycles. The first kappa shape index (κ1) is 16.7. The quantitative estimate of drug-likeness (QED) is 0.692. The van der Waals surface area contributed by atoms with Crippen molar-refractivity contribution in [2.75, 3.05) is 6.54 Å². The number of nitrogens with one attached hydrogen (secondary N) is 1. The van der Waals surface area contributed by atoms with E-state index in [1.807, 2.05) is 24.3 Å². The number of halogens is 2. The standard InChI is InChI=1S/C17H15BrFN3O2S/c18-12-10-11(19)7-8-16(12)25(23,24)22-9-3-6-15(22)17-20-13-4-1-2-5-14(13)21-17/h1-2,4-5,7-8,10,15H,3,6,9H2,(H,20,21). The van der Waals surface area contributed by atoms with Crippen molar-refractivity contribution in [3.63, 3.8) is 0 Å². The largest absolute Gasteiger partial charge is 0.341 e. The number of benzene rings is 2. The van der Waals surface area contributed by atoms with E-state index < -0.39 is 15.8 Å². The van der Waals surface area contributed by atoms with Gasteiger partial charge in [0.05, 0.1) is 22.0 Å². The highest BCUT2D eigenvalue weighted by atomic mass is 79.9. The molecule has 1 aromatic heterocycles. The third kappa shape index (κ3) is 2.88. The van der Waals surface area contributed by atoms with Crippen LogP contribution in [0.4, 0.5) is 4.39 Å². The molecule has 1 fully saturated rings. The minimum atomic E-state index is -3.76. The number of aromatic amines is 1. The molecule has 1 saturated heterocycles. The highest BCUT2D eigenvalue weighted by Gasteiger charge is 2.38. The zero-order chi connectivity index (χ0) is 17.6. The van der Waals surface area contributed by atoms with Crippen LogP contribution in [0, 0.1) is 5.82 Å². The highest BCUT2D eigenvalue weighted by Crippen LogP contribution is 2.37. The molecule has 0 spiro atoms. The Kier molecular flexibility index (Phi) is 4.13. The minimum absolute atomic E-state index is 0.0666. The summed E-state index contributed by atoms with van der Waals surface area (Å²) in [7, 11) is -3.76. The molecule has 5 nitrogen and oxygen atoms in total. The second-order valence-corrected chi connectivity index (χ2v) is 8.70. The van der Waals surface area contributed by atoms with E-state index in [0.29, 0.717) is 18.8 Å². The van der Waals surface area contributed by atoms with Crippen LogP contribution in [-0.2, 0) is 10.0 Å². The van der Waals surface area contributed by atoms with E-state index in [2.05, 4.69) is 25.9 Å². The molecule has 0 saturated carbocycles. The Morgan fingerprint density at radius 1 is 1.24 bits per heavy atom. The molecule has 130 valence electrons. The van der Waals surface area contributed by atoms with Crippen LogP contribution in [0.25, 0.3) is 11.0 Å². The third-order valence-electron chi connectivity index (χ3n) is 4.41. The lowest BCUT2D eigenvalue weighted by Crippen LogP contribution is -2.31. The van der Waals surface area contributed by atoms with E-state index in [1.165, 1.54) is 16.4 Å². The van der Waals surface area contributed by atoms with Gasteiger partial charge < -0.3 is 4.98 Å². The maximum Gasteiger partial charge on any atom is 0.244 e. The predicted molar refractivity (Wildman–Crippen MR) is 96.1 cm³/mol. The number of hydrogen-bond acceptors (Lipinski definition) is 3. The topological polar surface area (TPSA) is 66.1 Å². The first-order valence-electron chi connectivity index (χ1n) is 7.88. The molecule has 1 N–H and O–H groups in total. The van der Waals surface area contributed by atoms with Crippen molar-refractivity contribution in [1.29, 1.82) is 0 Å². The van der Waals surface area contributed by atoms with Crippen molar-refractivity contribution < 1.29 is 12.8 Å². The van der Waals surface area contributed by atoms with Gasteiger partial charge in [0.1, 0.15) is 11.6 Å². The van der Waals surface area contributed by atoms with Gasteiger partial charge in [-0.1, -0.05) is 12.1 Å². The van der Waals surface area contributed by atoms with Crippen molar-refractivity contribution in [1.82, 2.24) is 14.3 Å². The average Bonchev–Trinajstić information content (AvgIpc) is 3.21. The number of sulfonamides is 1. The van der Waals surface area contributed by atoms with Crippen LogP contribution in [0.3, 0.4) is 0 Å². The minimum Gasteiger partial charge on any atom is -0.341 e. The second kappa shape index (κ2) is 6.19. The molecule has 1 aliphatic rings. The molecule has 4 rings (SSSR count). The van der Waals surface area contributed by atoms with Gasteiger partial charge in [-0.25, -0.2) is 17.8 Å². The van der Waals surface area contributed by atoms with Gasteiger partial charge in [0, 0.05) is 11.0 Å². The summed E-state index contributed by atoms with van der Waals surface area (Å²) in [5, 5.41) is 0. The summed E-state index contributed by atoms with van der Waals surface area (Å²) >= 11 is 3.17. The van der Waals surface area contributed by atoms with Crippen LogP contribution in [0.15, 0.2) is 51.8 Å². The molecular formula is C17H15BrFN3O2S. The summed E-state index contributed by atoms with van der Waals surface area (Å²) in [6.45, 7) is 0.411. The van der Waals surface area contributed by atoms with Crippen LogP contribution in [0.2, 0.25) is 0 Å². The Bertz CT molecular complexity index is 1020. The van der Waals surface area contributed by atoms with E-state index >= 15 is 0 Å². The van der Waals surface area contributed by atoms with Crippen LogP contribution in [0.1, 0.15) is 24.7 Å². The zero-order valence-corrected chi connectivity index (χ0v) is 15.5. The molecule has 3 aromatic rings. The summed E-state index contributed by atoms with van der Waals surface area (Å²) in [6.07, 6.45) is 1.44. The molecule has 2 aromatic carbocycles. The van der Waals surface area contributed by atoms with Crippen LogP contribution >= 0.6 is 15.9 Å². The molecule has 0 radical (unpaired) electrons. The number of nitrogens with zero attached hydrogens (tertiary/aromatic N) is 2. The third-order valence-corrected chi connectivity index (χ3v) is 7.29. The van der Waals surface area contributed by atoms with E-state index in [9.17, 15) is 12.8 Å². The van der Waals surface area contributed by atoms with Crippen LogP contribution in [-0.4, -0.2) is 29.2 Å². The lowest BCUT2D eigenvalue weighted by Gasteiger charge is -2.23. The molecule has 0 bridgehead atoms. The van der Waals surface area contributed by atoms with Crippen molar-refractivity contribution in [3.8, 4) is 0 Å². The maximum atomic E-state index is 13.3. The summed E-state index contributed by atoms with van der Waals surface area (Å²) in [4.78, 5) is 7.85. The van der Waals surface area contributed by atoms with Crippen molar-refractivity contribution in [3.05, 3.63) is 58.6 Å². The SMILES string of the molecule is O=S(=O)(c1ccc(F)cc1Br)N1CCCC1c1nc2ccccc2[nH]1. The summed E-state index contributed by atoms with van der Waals surface area (Å²) in [5.74, 6) is 0.154. The molecule has 0 amide bonds. The molecule has 2 heterocycles. The Balaban J connectivity index is 1.75. The van der Waals surface area contributed by atoms with Crippen molar-refractivity contribution >= 4 is 37.0 Å². The molecule has 1 unspecified atom stereocenters. The van der Waals surface area contributed by atoms with E-state index in [0.717, 1.165) is 23.5 Å². The van der Waals surface area contributed by atoms with Gasteiger partial charge in [-0.05, 0) is 59.1 Å². The molecule has 1 aliphatic heterocycles. The fourth-order valence-electron chi connectivity index (χ4n) is 3.24. The summed E-state index contributed by atoms with van der Waals surface area (Å²) in [5.41, 5.74) is 1.69. The number of hydrogen-bond donors (Lipinski definition) is 1. The maximum absolute atomic E-state index is 13.3. The lowest BCUT2D eigenvalue weighted by molar-refractivity contribution is 0.385. The smallest absolute Gasteiger partial charge is 0.244 e. The number of aromatic nitrogens is 2. The van der Waals surface area contributed by atoms with E-state index in [-0.39, 0.29) is 15.4 Å². The first-order valence-corrected chi connectivity index (χ1v) is 10.1. The number of rotatable bonds is 3. The molecule has 8 heteroatoms. The fourth-order valence-corrected chi connectivity index (χ4v) is 5.91. The van der Waals surface area contributed by atoms with Crippen LogP contribution < -0.4 is 0 Å². The van der Waals surface area contributed by atoms with Gasteiger partial charge in [-0.3, -0.25) is 0 Å². The normalized spacial score (nSPS) is 18.9. The Hall–Kier alpha value is -1.77. The number of imidazole rings is 1. The Labute approximate surface area is 153 Å². The Morgan fingerprint density at radius 2 is 2.04 bits per heavy atom. The Morgan fingerprint density at radius 3 is 2.80 bits per heavy atom. The van der Waals surface area contributed by atoms with Gasteiger partial charge in [-0.2, -0.15) is 4.31 Å². The number of para-hydroxylation sites is 2. The van der Waals surface area contributed by atoms with Gasteiger partial charge >= 0.3 is 0 Å². The fraction of sp³-hybridized carbons (Fsp3) is 0.235. The van der Waals surface area contributed by atoms with Gasteiger partial charge in [0.25, 0.3) is 0 Å². The van der Waals surface area contributed by atoms with Gasteiger partial charge in [0.2, 0.25) is 10.0 Å². The predicted octanol–water partition coefficient (Wildman–Crippen LogP) is 3.99.